The Morgan fingerprint density at radius 3 is 1.93 bits per heavy atom. The predicted octanol–water partition coefficient (Wildman–Crippen LogP) is 7.16. The molecule has 0 radical (unpaired) electrons. The van der Waals surface area contributed by atoms with Crippen molar-refractivity contribution >= 4 is 34.2 Å². The van der Waals surface area contributed by atoms with Crippen LogP contribution in [0.4, 0.5) is 0 Å². The van der Waals surface area contributed by atoms with Gasteiger partial charge in [0.15, 0.2) is 0 Å². The van der Waals surface area contributed by atoms with Crippen LogP contribution in [0, 0.1) is 0 Å². The van der Waals surface area contributed by atoms with E-state index in [2.05, 4.69) is 60.7 Å². The molecular weight excluding hydrogens is 387 g/mol. The molecule has 0 N–H and O–H groups in total. The molecule has 0 aromatic heterocycles. The Labute approximate surface area is 175 Å². The average Bonchev–Trinajstić information content (AvgIpc) is 2.94. The van der Waals surface area contributed by atoms with Crippen molar-refractivity contribution in [1.29, 1.82) is 0 Å². The van der Waals surface area contributed by atoms with Gasteiger partial charge in [-0.15, -0.1) is 0 Å². The Bertz CT molecular complexity index is 1380. The molecule has 0 spiro atoms. The summed E-state index contributed by atoms with van der Waals surface area (Å²) in [4.78, 5) is 0. The second-order valence-electron chi connectivity index (χ2n) is 7.74. The van der Waals surface area contributed by atoms with Crippen molar-refractivity contribution in [3.05, 3.63) is 109 Å². The minimum atomic E-state index is -3.13. The summed E-state index contributed by atoms with van der Waals surface area (Å²) in [6, 6.07) is 34.6. The number of hydrogen-bond donors (Lipinski definition) is 0. The fourth-order valence-electron chi connectivity index (χ4n) is 4.54. The third-order valence-corrected chi connectivity index (χ3v) is 8.26. The zero-order valence-electron chi connectivity index (χ0n) is 16.3. The van der Waals surface area contributed by atoms with Gasteiger partial charge in [0.05, 0.1) is 6.16 Å². The maximum Gasteiger partial charge on any atom is 0.281 e. The molecule has 1 aliphatic heterocycles. The third-order valence-electron chi connectivity index (χ3n) is 5.93. The van der Waals surface area contributed by atoms with Crippen LogP contribution in [0.1, 0.15) is 5.56 Å². The number of hydrogen-bond acceptors (Lipinski definition) is 2. The molecule has 0 bridgehead atoms. The first-order valence-electron chi connectivity index (χ1n) is 10.1. The Kier molecular flexibility index (Phi) is 3.84. The molecule has 30 heavy (non-hydrogen) atoms. The molecule has 5 aromatic carbocycles. The minimum absolute atomic E-state index is 0.375. The van der Waals surface area contributed by atoms with Gasteiger partial charge in [0.2, 0.25) is 0 Å². The van der Waals surface area contributed by atoms with Gasteiger partial charge in [-0.25, -0.2) is 0 Å². The van der Waals surface area contributed by atoms with Gasteiger partial charge >= 0.3 is 0 Å². The first-order valence-corrected chi connectivity index (χ1v) is 11.9. The van der Waals surface area contributed by atoms with Crippen molar-refractivity contribution in [1.82, 2.24) is 0 Å². The van der Waals surface area contributed by atoms with E-state index in [1.807, 2.05) is 42.5 Å². The van der Waals surface area contributed by atoms with E-state index in [0.717, 1.165) is 38.2 Å². The van der Waals surface area contributed by atoms with Gasteiger partial charge < -0.3 is 4.52 Å². The van der Waals surface area contributed by atoms with E-state index in [1.165, 1.54) is 5.39 Å². The molecule has 0 saturated carbocycles. The van der Waals surface area contributed by atoms with E-state index in [-0.39, 0.29) is 0 Å². The molecule has 0 aliphatic carbocycles. The number of benzene rings is 5. The van der Waals surface area contributed by atoms with Crippen LogP contribution in [0.3, 0.4) is 0 Å². The molecule has 1 aliphatic rings. The topological polar surface area (TPSA) is 26.3 Å². The zero-order chi connectivity index (χ0) is 20.1. The first kappa shape index (κ1) is 17.5. The highest BCUT2D eigenvalue weighted by Gasteiger charge is 2.34. The zero-order valence-corrected chi connectivity index (χ0v) is 17.2. The molecule has 6 rings (SSSR count). The fraction of sp³-hybridized carbons (Fsp3) is 0.0370. The lowest BCUT2D eigenvalue weighted by atomic mass is 9.90. The van der Waals surface area contributed by atoms with E-state index >= 15 is 0 Å². The normalized spacial score (nSPS) is 17.7. The van der Waals surface area contributed by atoms with Crippen LogP contribution in [0.2, 0.25) is 0 Å². The molecule has 0 unspecified atom stereocenters. The summed E-state index contributed by atoms with van der Waals surface area (Å²) in [7, 11) is -3.13. The van der Waals surface area contributed by atoms with E-state index in [4.69, 9.17) is 4.52 Å². The van der Waals surface area contributed by atoms with Crippen molar-refractivity contribution in [2.75, 3.05) is 0 Å². The van der Waals surface area contributed by atoms with Crippen LogP contribution >= 0.6 is 7.37 Å². The third kappa shape index (κ3) is 2.61. The van der Waals surface area contributed by atoms with Crippen molar-refractivity contribution in [2.45, 2.75) is 6.16 Å². The summed E-state index contributed by atoms with van der Waals surface area (Å²) in [5.41, 5.74) is 3.23. The quantitative estimate of drug-likeness (QED) is 0.276. The summed E-state index contributed by atoms with van der Waals surface area (Å²) in [5.74, 6) is 0.691. The van der Waals surface area contributed by atoms with Gasteiger partial charge in [0.1, 0.15) is 5.75 Å². The highest BCUT2D eigenvalue weighted by molar-refractivity contribution is 7.66. The fourth-order valence-corrected chi connectivity index (χ4v) is 6.70. The van der Waals surface area contributed by atoms with Crippen molar-refractivity contribution in [2.24, 2.45) is 0 Å². The lowest BCUT2D eigenvalue weighted by Gasteiger charge is -2.19. The Balaban J connectivity index is 1.76. The molecular formula is C27H19O2P. The molecule has 0 saturated heterocycles. The van der Waals surface area contributed by atoms with Crippen LogP contribution in [0.15, 0.2) is 103 Å². The van der Waals surface area contributed by atoms with Gasteiger partial charge in [-0.2, -0.15) is 0 Å². The Morgan fingerprint density at radius 2 is 1.20 bits per heavy atom. The standard InChI is InChI=1S/C27H19O2P/c28-30(22-10-2-1-3-11-22)18-21-15-14-19-8-4-6-12-23(19)26(21)27-24-13-7-5-9-20(24)16-17-25(27)29-30/h1-17H,18H2/t30-/m1/s1. The Hall–Kier alpha value is -3.35. The molecule has 2 nitrogen and oxygen atoms in total. The summed E-state index contributed by atoms with van der Waals surface area (Å²) < 4.78 is 20.7. The van der Waals surface area contributed by atoms with E-state index < -0.39 is 7.37 Å². The van der Waals surface area contributed by atoms with Crippen LogP contribution in [0.25, 0.3) is 32.7 Å². The largest absolute Gasteiger partial charge is 0.439 e. The van der Waals surface area contributed by atoms with Crippen LogP contribution in [-0.2, 0) is 10.7 Å². The first-order chi connectivity index (χ1) is 14.7. The van der Waals surface area contributed by atoms with Crippen molar-refractivity contribution in [3.8, 4) is 16.9 Å². The van der Waals surface area contributed by atoms with E-state index in [9.17, 15) is 4.57 Å². The smallest absolute Gasteiger partial charge is 0.281 e. The summed E-state index contributed by atoms with van der Waals surface area (Å²) in [5, 5.41) is 5.36. The van der Waals surface area contributed by atoms with E-state index in [1.54, 1.807) is 0 Å². The van der Waals surface area contributed by atoms with Gasteiger partial charge in [0.25, 0.3) is 7.37 Å². The molecule has 5 aromatic rings. The maximum atomic E-state index is 14.2. The molecule has 1 heterocycles. The Morgan fingerprint density at radius 1 is 0.600 bits per heavy atom. The van der Waals surface area contributed by atoms with Gasteiger partial charge in [0, 0.05) is 10.9 Å². The summed E-state index contributed by atoms with van der Waals surface area (Å²) >= 11 is 0. The minimum Gasteiger partial charge on any atom is -0.439 e. The van der Waals surface area contributed by atoms with Crippen molar-refractivity contribution in [3.63, 3.8) is 0 Å². The number of rotatable bonds is 1. The highest BCUT2D eigenvalue weighted by atomic mass is 31.2. The van der Waals surface area contributed by atoms with E-state index in [0.29, 0.717) is 11.9 Å². The molecule has 3 heteroatoms. The van der Waals surface area contributed by atoms with Gasteiger partial charge in [-0.05, 0) is 50.9 Å². The average molecular weight is 406 g/mol. The summed E-state index contributed by atoms with van der Waals surface area (Å²) in [6.07, 6.45) is 0.375. The van der Waals surface area contributed by atoms with Gasteiger partial charge in [-0.3, -0.25) is 4.57 Å². The molecule has 0 fully saturated rings. The monoisotopic (exact) mass is 406 g/mol. The predicted molar refractivity (Wildman–Crippen MR) is 125 cm³/mol. The van der Waals surface area contributed by atoms with Crippen LogP contribution < -0.4 is 9.83 Å². The molecule has 1 atom stereocenters. The second kappa shape index (κ2) is 6.58. The maximum absolute atomic E-state index is 14.2. The second-order valence-corrected chi connectivity index (χ2v) is 10.1. The molecule has 144 valence electrons. The summed E-state index contributed by atoms with van der Waals surface area (Å²) in [6.45, 7) is 0. The van der Waals surface area contributed by atoms with Crippen LogP contribution in [-0.4, -0.2) is 0 Å². The number of fused-ring (bicyclic) bond motifs is 7. The lowest BCUT2D eigenvalue weighted by Crippen LogP contribution is -2.10. The van der Waals surface area contributed by atoms with Crippen molar-refractivity contribution < 1.29 is 9.09 Å². The SMILES string of the molecule is O=[P@]1(c2ccccc2)Cc2ccc3ccccc3c2-c2c(ccc3ccccc23)O1. The lowest BCUT2D eigenvalue weighted by molar-refractivity contribution is 0.494. The molecule has 0 amide bonds. The van der Waals surface area contributed by atoms with Crippen LogP contribution in [0.5, 0.6) is 5.75 Å². The highest BCUT2D eigenvalue weighted by Crippen LogP contribution is 2.57. The van der Waals surface area contributed by atoms with Gasteiger partial charge in [-0.1, -0.05) is 84.9 Å².